The lowest BCUT2D eigenvalue weighted by molar-refractivity contribution is 0.291. The zero-order valence-corrected chi connectivity index (χ0v) is 13.2. The molecule has 1 heterocycles. The van der Waals surface area contributed by atoms with E-state index >= 15 is 0 Å². The molecule has 4 nitrogen and oxygen atoms in total. The van der Waals surface area contributed by atoms with E-state index in [9.17, 15) is 0 Å². The molecule has 0 aliphatic carbocycles. The van der Waals surface area contributed by atoms with Crippen molar-refractivity contribution in [3.05, 3.63) is 46.7 Å². The predicted molar refractivity (Wildman–Crippen MR) is 83.8 cm³/mol. The van der Waals surface area contributed by atoms with Gasteiger partial charge < -0.3 is 10.5 Å². The van der Waals surface area contributed by atoms with E-state index in [0.29, 0.717) is 6.61 Å². The smallest absolute Gasteiger partial charge is 0.119 e. The lowest BCUT2D eigenvalue weighted by Gasteiger charge is -2.07. The van der Waals surface area contributed by atoms with Crippen LogP contribution in [0.5, 0.6) is 5.75 Å². The molecular weight excluding hydrogens is 318 g/mol. The predicted octanol–water partition coefficient (Wildman–Crippen LogP) is 3.00. The SMILES string of the molecule is CCC(N)Cc1cnn(CCOc2ccc(Br)cc2)c1. The van der Waals surface area contributed by atoms with Crippen LogP contribution >= 0.6 is 15.9 Å². The fourth-order valence-corrected chi connectivity index (χ4v) is 2.13. The van der Waals surface area contributed by atoms with Crippen LogP contribution in [0.4, 0.5) is 0 Å². The Bertz CT molecular complexity index is 524. The summed E-state index contributed by atoms with van der Waals surface area (Å²) in [4.78, 5) is 0. The van der Waals surface area contributed by atoms with Crippen LogP contribution in [0, 0.1) is 0 Å². The Morgan fingerprint density at radius 2 is 2.10 bits per heavy atom. The van der Waals surface area contributed by atoms with Gasteiger partial charge in [0, 0.05) is 16.7 Å². The van der Waals surface area contributed by atoms with Crippen molar-refractivity contribution >= 4 is 15.9 Å². The third-order valence-electron chi connectivity index (χ3n) is 3.11. The second kappa shape index (κ2) is 7.45. The molecule has 0 radical (unpaired) electrons. The van der Waals surface area contributed by atoms with Crippen molar-refractivity contribution in [2.75, 3.05) is 6.61 Å². The number of hydrogen-bond donors (Lipinski definition) is 1. The molecule has 0 saturated heterocycles. The highest BCUT2D eigenvalue weighted by Crippen LogP contribution is 2.16. The lowest BCUT2D eigenvalue weighted by atomic mass is 10.1. The summed E-state index contributed by atoms with van der Waals surface area (Å²) in [6, 6.07) is 8.03. The highest BCUT2D eigenvalue weighted by Gasteiger charge is 2.04. The number of aromatic nitrogens is 2. The molecule has 0 fully saturated rings. The molecular formula is C15H20BrN3O. The van der Waals surface area contributed by atoms with Crippen molar-refractivity contribution in [2.45, 2.75) is 32.4 Å². The number of rotatable bonds is 7. The summed E-state index contributed by atoms with van der Waals surface area (Å²) in [6.07, 6.45) is 5.79. The Morgan fingerprint density at radius 3 is 2.80 bits per heavy atom. The Morgan fingerprint density at radius 1 is 1.35 bits per heavy atom. The van der Waals surface area contributed by atoms with Crippen LogP contribution in [0.15, 0.2) is 41.1 Å². The Balaban J connectivity index is 1.78. The summed E-state index contributed by atoms with van der Waals surface area (Å²) in [7, 11) is 0. The number of benzene rings is 1. The van der Waals surface area contributed by atoms with Gasteiger partial charge in [0.25, 0.3) is 0 Å². The summed E-state index contributed by atoms with van der Waals surface area (Å²) < 4.78 is 8.62. The fourth-order valence-electron chi connectivity index (χ4n) is 1.87. The van der Waals surface area contributed by atoms with Crippen LogP contribution in [0.1, 0.15) is 18.9 Å². The standard InChI is InChI=1S/C15H20BrN3O/c1-2-14(17)9-12-10-18-19(11-12)7-8-20-15-5-3-13(16)4-6-15/h3-6,10-11,14H,2,7-9,17H2,1H3. The van der Waals surface area contributed by atoms with Crippen LogP contribution in [0.25, 0.3) is 0 Å². The molecule has 0 amide bonds. The van der Waals surface area contributed by atoms with Crippen LogP contribution in [-0.4, -0.2) is 22.4 Å². The first-order valence-electron chi connectivity index (χ1n) is 6.82. The Kier molecular flexibility index (Phi) is 5.61. The second-order valence-electron chi connectivity index (χ2n) is 4.79. The fraction of sp³-hybridized carbons (Fsp3) is 0.400. The van der Waals surface area contributed by atoms with Gasteiger partial charge in [-0.2, -0.15) is 5.10 Å². The van der Waals surface area contributed by atoms with E-state index in [-0.39, 0.29) is 6.04 Å². The van der Waals surface area contributed by atoms with Crippen LogP contribution in [0.2, 0.25) is 0 Å². The molecule has 1 atom stereocenters. The summed E-state index contributed by atoms with van der Waals surface area (Å²) in [5.41, 5.74) is 7.12. The number of nitrogens with two attached hydrogens (primary N) is 1. The molecule has 2 rings (SSSR count). The summed E-state index contributed by atoms with van der Waals surface area (Å²) in [6.45, 7) is 3.43. The summed E-state index contributed by atoms with van der Waals surface area (Å²) >= 11 is 3.40. The number of hydrogen-bond acceptors (Lipinski definition) is 3. The van der Waals surface area contributed by atoms with Gasteiger partial charge in [0.15, 0.2) is 0 Å². The maximum Gasteiger partial charge on any atom is 0.119 e. The van der Waals surface area contributed by atoms with Crippen molar-refractivity contribution in [3.63, 3.8) is 0 Å². The van der Waals surface area contributed by atoms with Crippen molar-refractivity contribution in [1.29, 1.82) is 0 Å². The first-order valence-corrected chi connectivity index (χ1v) is 7.62. The molecule has 2 N–H and O–H groups in total. The zero-order chi connectivity index (χ0) is 14.4. The van der Waals surface area contributed by atoms with Gasteiger partial charge >= 0.3 is 0 Å². The van der Waals surface area contributed by atoms with E-state index in [0.717, 1.165) is 29.6 Å². The Labute approximate surface area is 128 Å². The topological polar surface area (TPSA) is 53.1 Å². The van der Waals surface area contributed by atoms with Crippen LogP contribution in [0.3, 0.4) is 0 Å². The number of nitrogens with zero attached hydrogens (tertiary/aromatic N) is 2. The first kappa shape index (κ1) is 15.1. The summed E-state index contributed by atoms with van der Waals surface area (Å²) in [5, 5.41) is 4.32. The molecule has 0 aliphatic rings. The summed E-state index contributed by atoms with van der Waals surface area (Å²) in [5.74, 6) is 0.869. The van der Waals surface area contributed by atoms with E-state index in [1.165, 1.54) is 5.56 Å². The van der Waals surface area contributed by atoms with E-state index in [4.69, 9.17) is 10.5 Å². The van der Waals surface area contributed by atoms with E-state index in [1.54, 1.807) is 0 Å². The molecule has 1 unspecified atom stereocenters. The number of ether oxygens (including phenoxy) is 1. The van der Waals surface area contributed by atoms with Crippen LogP contribution in [-0.2, 0) is 13.0 Å². The van der Waals surface area contributed by atoms with E-state index in [2.05, 4.69) is 28.0 Å². The van der Waals surface area contributed by atoms with Crippen molar-refractivity contribution in [2.24, 2.45) is 5.73 Å². The third-order valence-corrected chi connectivity index (χ3v) is 3.64. The van der Waals surface area contributed by atoms with Gasteiger partial charge in [-0.15, -0.1) is 0 Å². The number of halogens is 1. The minimum atomic E-state index is 0.215. The third kappa shape index (κ3) is 4.65. The molecule has 1 aromatic carbocycles. The maximum atomic E-state index is 5.94. The second-order valence-corrected chi connectivity index (χ2v) is 5.70. The first-order chi connectivity index (χ1) is 9.67. The molecule has 0 bridgehead atoms. The molecule has 5 heteroatoms. The minimum Gasteiger partial charge on any atom is -0.492 e. The van der Waals surface area contributed by atoms with Crippen LogP contribution < -0.4 is 10.5 Å². The maximum absolute atomic E-state index is 5.94. The van der Waals surface area contributed by atoms with Crippen molar-refractivity contribution < 1.29 is 4.74 Å². The van der Waals surface area contributed by atoms with Gasteiger partial charge in [-0.1, -0.05) is 22.9 Å². The molecule has 2 aromatic rings. The van der Waals surface area contributed by atoms with Gasteiger partial charge in [-0.3, -0.25) is 4.68 Å². The monoisotopic (exact) mass is 337 g/mol. The molecule has 108 valence electrons. The zero-order valence-electron chi connectivity index (χ0n) is 11.6. The van der Waals surface area contributed by atoms with Gasteiger partial charge in [0.1, 0.15) is 12.4 Å². The van der Waals surface area contributed by atoms with Crippen molar-refractivity contribution in [3.8, 4) is 5.75 Å². The highest BCUT2D eigenvalue weighted by molar-refractivity contribution is 9.10. The average Bonchev–Trinajstić information content (AvgIpc) is 2.88. The van der Waals surface area contributed by atoms with E-state index in [1.807, 2.05) is 41.3 Å². The molecule has 20 heavy (non-hydrogen) atoms. The van der Waals surface area contributed by atoms with Crippen molar-refractivity contribution in [1.82, 2.24) is 9.78 Å². The molecule has 1 aromatic heterocycles. The van der Waals surface area contributed by atoms with E-state index < -0.39 is 0 Å². The normalized spacial score (nSPS) is 12.3. The Hall–Kier alpha value is -1.33. The molecule has 0 aliphatic heterocycles. The minimum absolute atomic E-state index is 0.215. The average molecular weight is 338 g/mol. The molecule has 0 saturated carbocycles. The van der Waals surface area contributed by atoms with Gasteiger partial charge in [0.05, 0.1) is 12.7 Å². The van der Waals surface area contributed by atoms with Gasteiger partial charge in [-0.25, -0.2) is 0 Å². The largest absolute Gasteiger partial charge is 0.492 e. The lowest BCUT2D eigenvalue weighted by Crippen LogP contribution is -2.21. The highest BCUT2D eigenvalue weighted by atomic mass is 79.9. The quantitative estimate of drug-likeness (QED) is 0.844. The van der Waals surface area contributed by atoms with Gasteiger partial charge in [-0.05, 0) is 42.7 Å². The van der Waals surface area contributed by atoms with Gasteiger partial charge in [0.2, 0.25) is 0 Å². The molecule has 0 spiro atoms.